The van der Waals surface area contributed by atoms with E-state index in [0.29, 0.717) is 31.5 Å². The molecule has 2 aromatic rings. The van der Waals surface area contributed by atoms with Gasteiger partial charge in [0.1, 0.15) is 10.7 Å². The summed E-state index contributed by atoms with van der Waals surface area (Å²) in [7, 11) is -3.99. The van der Waals surface area contributed by atoms with E-state index < -0.39 is 56.1 Å². The van der Waals surface area contributed by atoms with Gasteiger partial charge in [0, 0.05) is 44.4 Å². The second-order valence-corrected chi connectivity index (χ2v) is 10.0. The highest BCUT2D eigenvalue weighted by Gasteiger charge is 2.41. The molecule has 1 aromatic heterocycles. The topological polar surface area (TPSA) is 106 Å². The van der Waals surface area contributed by atoms with Crippen LogP contribution in [0.5, 0.6) is 5.75 Å². The largest absolute Gasteiger partial charge is 0.477 e. The van der Waals surface area contributed by atoms with Crippen LogP contribution in [0.15, 0.2) is 21.6 Å². The van der Waals surface area contributed by atoms with Crippen molar-refractivity contribution < 1.29 is 44.4 Å². The molecule has 1 amide bonds. The predicted octanol–water partition coefficient (Wildman–Crippen LogP) is 2.42. The van der Waals surface area contributed by atoms with E-state index >= 15 is 0 Å². The van der Waals surface area contributed by atoms with E-state index in [1.54, 1.807) is 0 Å². The van der Waals surface area contributed by atoms with Crippen LogP contribution < -0.4 is 9.64 Å². The predicted molar refractivity (Wildman–Crippen MR) is 105 cm³/mol. The summed E-state index contributed by atoms with van der Waals surface area (Å²) in [6, 6.07) is 0.611. The standard InChI is InChI=1S/C19H19F5N4O5S/c1-34(30,31)15-9-11(20)14(8-12(15)21)32-13-4-7-28(16(13)29)10-2-5-27(6-3-10)18-25-17(26-33-18)19(22,23)24/h8-10,13H,2-7H2,1H3/t13-/m0/s1. The Morgan fingerprint density at radius 1 is 1.09 bits per heavy atom. The lowest BCUT2D eigenvalue weighted by Gasteiger charge is -2.35. The number of benzene rings is 1. The number of likely N-dealkylation sites (tertiary alicyclic amines) is 1. The third-order valence-corrected chi connectivity index (χ3v) is 6.80. The molecule has 1 atom stereocenters. The Labute approximate surface area is 190 Å². The van der Waals surface area contributed by atoms with E-state index in [4.69, 9.17) is 4.74 Å². The summed E-state index contributed by atoms with van der Waals surface area (Å²) in [5.41, 5.74) is 0. The summed E-state index contributed by atoms with van der Waals surface area (Å²) in [5.74, 6) is -4.69. The highest BCUT2D eigenvalue weighted by molar-refractivity contribution is 7.90. The van der Waals surface area contributed by atoms with E-state index in [-0.39, 0.29) is 31.6 Å². The lowest BCUT2D eigenvalue weighted by atomic mass is 10.0. The van der Waals surface area contributed by atoms with Crippen LogP contribution in [-0.2, 0) is 20.8 Å². The average Bonchev–Trinajstić information content (AvgIpc) is 3.38. The van der Waals surface area contributed by atoms with Gasteiger partial charge in [-0.2, -0.15) is 18.2 Å². The van der Waals surface area contributed by atoms with Crippen molar-refractivity contribution in [1.82, 2.24) is 15.0 Å². The first-order valence-corrected chi connectivity index (χ1v) is 12.1. The first kappa shape index (κ1) is 24.2. The highest BCUT2D eigenvalue weighted by atomic mass is 32.2. The van der Waals surface area contributed by atoms with Crippen molar-refractivity contribution >= 4 is 21.8 Å². The van der Waals surface area contributed by atoms with Crippen LogP contribution in [0.1, 0.15) is 25.1 Å². The fraction of sp³-hybridized carbons (Fsp3) is 0.526. The molecule has 2 aliphatic heterocycles. The molecule has 0 radical (unpaired) electrons. The van der Waals surface area contributed by atoms with E-state index in [0.717, 1.165) is 6.26 Å². The minimum atomic E-state index is -4.72. The monoisotopic (exact) mass is 510 g/mol. The van der Waals surface area contributed by atoms with E-state index in [1.807, 2.05) is 0 Å². The fourth-order valence-electron chi connectivity index (χ4n) is 4.01. The van der Waals surface area contributed by atoms with Crippen molar-refractivity contribution in [3.05, 3.63) is 29.6 Å². The summed E-state index contributed by atoms with van der Waals surface area (Å²) >= 11 is 0. The Morgan fingerprint density at radius 2 is 1.76 bits per heavy atom. The first-order valence-electron chi connectivity index (χ1n) is 10.2. The van der Waals surface area contributed by atoms with Gasteiger partial charge in [0.05, 0.1) is 0 Å². The Kier molecular flexibility index (Phi) is 6.16. The van der Waals surface area contributed by atoms with Crippen molar-refractivity contribution in [2.75, 3.05) is 30.8 Å². The summed E-state index contributed by atoms with van der Waals surface area (Å²) in [6.45, 7) is 0.830. The second kappa shape index (κ2) is 8.67. The molecule has 0 N–H and O–H groups in total. The molecule has 34 heavy (non-hydrogen) atoms. The van der Waals surface area contributed by atoms with E-state index in [9.17, 15) is 35.2 Å². The zero-order valence-corrected chi connectivity index (χ0v) is 18.5. The number of hydrogen-bond acceptors (Lipinski definition) is 8. The van der Waals surface area contributed by atoms with Crippen LogP contribution in [0.3, 0.4) is 0 Å². The van der Waals surface area contributed by atoms with Crippen LogP contribution in [0.4, 0.5) is 28.0 Å². The molecule has 3 heterocycles. The van der Waals surface area contributed by atoms with Gasteiger partial charge in [-0.05, 0) is 24.1 Å². The second-order valence-electron chi connectivity index (χ2n) is 8.03. The van der Waals surface area contributed by atoms with Gasteiger partial charge in [-0.25, -0.2) is 17.2 Å². The van der Waals surface area contributed by atoms with Crippen molar-refractivity contribution in [1.29, 1.82) is 0 Å². The van der Waals surface area contributed by atoms with E-state index in [2.05, 4.69) is 14.7 Å². The average molecular weight is 510 g/mol. The zero-order valence-electron chi connectivity index (χ0n) is 17.7. The zero-order chi connectivity index (χ0) is 24.8. The number of carbonyl (C=O) groups is 1. The molecule has 0 saturated carbocycles. The first-order chi connectivity index (χ1) is 15.8. The fourth-order valence-corrected chi connectivity index (χ4v) is 4.74. The molecular formula is C19H19F5N4O5S. The summed E-state index contributed by atoms with van der Waals surface area (Å²) in [5, 5.41) is 2.93. The summed E-state index contributed by atoms with van der Waals surface area (Å²) in [4.78, 5) is 18.4. The maximum absolute atomic E-state index is 14.3. The number of nitrogens with zero attached hydrogens (tertiary/aromatic N) is 4. The van der Waals surface area contributed by atoms with Crippen molar-refractivity contribution in [2.45, 2.75) is 42.5 Å². The molecule has 2 aliphatic rings. The van der Waals surface area contributed by atoms with Crippen LogP contribution in [0.25, 0.3) is 0 Å². The maximum Gasteiger partial charge on any atom is 0.455 e. The molecule has 15 heteroatoms. The summed E-state index contributed by atoms with van der Waals surface area (Å²) < 4.78 is 99.5. The number of piperidine rings is 1. The third-order valence-electron chi connectivity index (χ3n) is 5.69. The number of halogens is 5. The molecule has 2 fully saturated rings. The lowest BCUT2D eigenvalue weighted by molar-refractivity contribution is -0.146. The third kappa shape index (κ3) is 4.79. The van der Waals surface area contributed by atoms with Crippen molar-refractivity contribution in [3.8, 4) is 5.75 Å². The van der Waals surface area contributed by atoms with Gasteiger partial charge in [-0.3, -0.25) is 4.79 Å². The van der Waals surface area contributed by atoms with Gasteiger partial charge in [-0.1, -0.05) is 0 Å². The number of ether oxygens (including phenoxy) is 1. The van der Waals surface area contributed by atoms with Gasteiger partial charge in [0.15, 0.2) is 27.5 Å². The van der Waals surface area contributed by atoms with Gasteiger partial charge < -0.3 is 19.1 Å². The highest BCUT2D eigenvalue weighted by Crippen LogP contribution is 2.31. The number of alkyl halides is 3. The number of rotatable bonds is 5. The van der Waals surface area contributed by atoms with Gasteiger partial charge in [-0.15, -0.1) is 0 Å². The Morgan fingerprint density at radius 3 is 2.35 bits per heavy atom. The number of sulfone groups is 1. The molecule has 1 aromatic carbocycles. The molecular weight excluding hydrogens is 491 g/mol. The number of amides is 1. The number of anilines is 1. The molecule has 4 rings (SSSR count). The molecule has 0 bridgehead atoms. The Bertz CT molecular complexity index is 1190. The maximum atomic E-state index is 14.3. The molecule has 2 saturated heterocycles. The SMILES string of the molecule is CS(=O)(=O)c1cc(F)c(O[C@H]2CCN(C3CCN(c4nc(C(F)(F)F)no4)CC3)C2=O)cc1F. The van der Waals surface area contributed by atoms with Crippen LogP contribution in [-0.4, -0.2) is 67.4 Å². The number of hydrogen-bond donors (Lipinski definition) is 0. The smallest absolute Gasteiger partial charge is 0.455 e. The normalized spacial score (nSPS) is 20.3. The molecule has 186 valence electrons. The minimum Gasteiger partial charge on any atom is -0.477 e. The molecule has 0 spiro atoms. The lowest BCUT2D eigenvalue weighted by Crippen LogP contribution is -2.47. The summed E-state index contributed by atoms with van der Waals surface area (Å²) in [6.07, 6.45) is -4.04. The number of carbonyl (C=O) groups excluding carboxylic acids is 1. The van der Waals surface area contributed by atoms with Gasteiger partial charge in [0.25, 0.3) is 11.7 Å². The minimum absolute atomic E-state index is 0.201. The molecule has 0 unspecified atom stereocenters. The van der Waals surface area contributed by atoms with E-state index in [1.165, 1.54) is 9.80 Å². The van der Waals surface area contributed by atoms with Crippen LogP contribution >= 0.6 is 0 Å². The van der Waals surface area contributed by atoms with Crippen LogP contribution in [0, 0.1) is 11.6 Å². The van der Waals surface area contributed by atoms with Crippen molar-refractivity contribution in [3.63, 3.8) is 0 Å². The van der Waals surface area contributed by atoms with Crippen molar-refractivity contribution in [2.24, 2.45) is 0 Å². The Hall–Kier alpha value is -2.97. The van der Waals surface area contributed by atoms with Gasteiger partial charge in [0.2, 0.25) is 0 Å². The number of aromatic nitrogens is 2. The quantitative estimate of drug-likeness (QED) is 0.565. The van der Waals surface area contributed by atoms with Gasteiger partial charge >= 0.3 is 12.2 Å². The Balaban J connectivity index is 1.37. The van der Waals surface area contributed by atoms with Crippen LogP contribution in [0.2, 0.25) is 0 Å². The molecule has 0 aliphatic carbocycles. The molecule has 9 nitrogen and oxygen atoms in total.